The van der Waals surface area contributed by atoms with Gasteiger partial charge >= 0.3 is 0 Å². The predicted octanol–water partition coefficient (Wildman–Crippen LogP) is 4.63. The number of aromatic nitrogens is 1. The van der Waals surface area contributed by atoms with E-state index in [0.717, 1.165) is 36.4 Å². The maximum Gasteiger partial charge on any atom is 0.167 e. The van der Waals surface area contributed by atoms with E-state index in [1.54, 1.807) is 0 Å². The molecule has 21 heavy (non-hydrogen) atoms. The molecule has 0 amide bonds. The van der Waals surface area contributed by atoms with Gasteiger partial charge in [0.2, 0.25) is 0 Å². The zero-order valence-electron chi connectivity index (χ0n) is 12.7. The van der Waals surface area contributed by atoms with Gasteiger partial charge in [-0.25, -0.2) is 0 Å². The Kier molecular flexibility index (Phi) is 5.73. The molecule has 0 saturated carbocycles. The van der Waals surface area contributed by atoms with E-state index in [-0.39, 0.29) is 0 Å². The Morgan fingerprint density at radius 2 is 1.67 bits per heavy atom. The molecular formula is C18H23NO2. The number of aldehydes is 2. The van der Waals surface area contributed by atoms with Gasteiger partial charge in [-0.15, -0.1) is 0 Å². The molecule has 2 rings (SSSR count). The van der Waals surface area contributed by atoms with Crippen molar-refractivity contribution < 1.29 is 9.59 Å². The molecule has 3 heteroatoms. The summed E-state index contributed by atoms with van der Waals surface area (Å²) in [5.74, 6) is 0. The first-order valence-corrected chi connectivity index (χ1v) is 7.85. The molecule has 0 spiro atoms. The second kappa shape index (κ2) is 7.77. The van der Waals surface area contributed by atoms with Crippen molar-refractivity contribution in [2.24, 2.45) is 0 Å². The third kappa shape index (κ3) is 3.41. The number of carbonyl (C=O) groups excluding carboxylic acids is 2. The first-order chi connectivity index (χ1) is 10.3. The van der Waals surface area contributed by atoms with Crippen molar-refractivity contribution in [3.05, 3.63) is 35.5 Å². The third-order valence-electron chi connectivity index (χ3n) is 4.02. The van der Waals surface area contributed by atoms with Gasteiger partial charge in [-0.2, -0.15) is 0 Å². The Bertz CT molecular complexity index is 613. The molecule has 1 aromatic carbocycles. The molecule has 0 bridgehead atoms. The maximum absolute atomic E-state index is 11.4. The minimum Gasteiger partial charge on any atom is -0.338 e. The van der Waals surface area contributed by atoms with Gasteiger partial charge in [0.25, 0.3) is 0 Å². The van der Waals surface area contributed by atoms with Crippen molar-refractivity contribution in [1.82, 2.24) is 4.57 Å². The number of hydrogen-bond donors (Lipinski definition) is 0. The second-order valence-corrected chi connectivity index (χ2v) is 5.47. The number of carbonyl (C=O) groups is 2. The molecule has 0 aliphatic rings. The fourth-order valence-electron chi connectivity index (χ4n) is 2.89. The first kappa shape index (κ1) is 15.5. The number of fused-ring (bicyclic) bond motifs is 1. The van der Waals surface area contributed by atoms with Crippen LogP contribution in [-0.4, -0.2) is 17.1 Å². The van der Waals surface area contributed by atoms with Crippen molar-refractivity contribution in [2.45, 2.75) is 52.0 Å². The molecule has 0 aliphatic heterocycles. The van der Waals surface area contributed by atoms with Gasteiger partial charge in [-0.1, -0.05) is 57.2 Å². The van der Waals surface area contributed by atoms with Crippen molar-refractivity contribution in [3.63, 3.8) is 0 Å². The van der Waals surface area contributed by atoms with Crippen LogP contribution >= 0.6 is 0 Å². The molecule has 0 saturated heterocycles. The summed E-state index contributed by atoms with van der Waals surface area (Å²) in [6.45, 7) is 3.01. The average molecular weight is 285 g/mol. The molecule has 0 atom stereocenters. The molecule has 0 unspecified atom stereocenters. The van der Waals surface area contributed by atoms with Crippen LogP contribution in [0.2, 0.25) is 0 Å². The topological polar surface area (TPSA) is 39.1 Å². The van der Waals surface area contributed by atoms with Gasteiger partial charge < -0.3 is 4.57 Å². The van der Waals surface area contributed by atoms with E-state index in [9.17, 15) is 9.59 Å². The summed E-state index contributed by atoms with van der Waals surface area (Å²) in [6, 6.07) is 7.73. The van der Waals surface area contributed by atoms with Crippen molar-refractivity contribution in [3.8, 4) is 0 Å². The summed E-state index contributed by atoms with van der Waals surface area (Å²) >= 11 is 0. The van der Waals surface area contributed by atoms with Crippen LogP contribution in [-0.2, 0) is 6.54 Å². The highest BCUT2D eigenvalue weighted by Gasteiger charge is 2.15. The van der Waals surface area contributed by atoms with Gasteiger partial charge in [0.1, 0.15) is 0 Å². The molecular weight excluding hydrogens is 262 g/mol. The largest absolute Gasteiger partial charge is 0.338 e. The fraction of sp³-hybridized carbons (Fsp3) is 0.444. The van der Waals surface area contributed by atoms with Crippen LogP contribution < -0.4 is 0 Å². The Morgan fingerprint density at radius 3 is 2.38 bits per heavy atom. The van der Waals surface area contributed by atoms with Crippen LogP contribution in [0.15, 0.2) is 24.3 Å². The van der Waals surface area contributed by atoms with E-state index in [2.05, 4.69) is 6.92 Å². The molecule has 0 radical (unpaired) electrons. The lowest BCUT2D eigenvalue weighted by atomic mass is 10.1. The minimum atomic E-state index is 0.514. The van der Waals surface area contributed by atoms with E-state index < -0.39 is 0 Å². The van der Waals surface area contributed by atoms with Crippen molar-refractivity contribution in [1.29, 1.82) is 0 Å². The number of nitrogens with zero attached hydrogens (tertiary/aromatic N) is 1. The van der Waals surface area contributed by atoms with E-state index in [0.29, 0.717) is 11.3 Å². The summed E-state index contributed by atoms with van der Waals surface area (Å²) in [5.41, 5.74) is 2.02. The zero-order valence-corrected chi connectivity index (χ0v) is 12.7. The van der Waals surface area contributed by atoms with Gasteiger partial charge in [0.05, 0.1) is 11.3 Å². The minimum absolute atomic E-state index is 0.514. The van der Waals surface area contributed by atoms with E-state index in [1.807, 2.05) is 28.8 Å². The Labute approximate surface area is 126 Å². The third-order valence-corrected chi connectivity index (χ3v) is 4.02. The average Bonchev–Trinajstić information content (AvgIpc) is 2.83. The number of unbranched alkanes of at least 4 members (excludes halogenated alkanes) is 5. The molecule has 2 aromatic rings. The van der Waals surface area contributed by atoms with Crippen molar-refractivity contribution >= 4 is 23.5 Å². The highest BCUT2D eigenvalue weighted by Crippen LogP contribution is 2.24. The fourth-order valence-corrected chi connectivity index (χ4v) is 2.89. The number of aryl methyl sites for hydroxylation is 1. The Balaban J connectivity index is 2.15. The van der Waals surface area contributed by atoms with Crippen molar-refractivity contribution in [2.75, 3.05) is 0 Å². The normalized spacial score (nSPS) is 10.9. The lowest BCUT2D eigenvalue weighted by molar-refractivity contribution is 0.109. The highest BCUT2D eigenvalue weighted by molar-refractivity contribution is 6.05. The van der Waals surface area contributed by atoms with Crippen LogP contribution in [0.25, 0.3) is 10.9 Å². The maximum atomic E-state index is 11.4. The van der Waals surface area contributed by atoms with Crippen LogP contribution in [0, 0.1) is 0 Å². The van der Waals surface area contributed by atoms with Crippen LogP contribution in [0.3, 0.4) is 0 Å². The number of benzene rings is 1. The van der Waals surface area contributed by atoms with Gasteiger partial charge in [0.15, 0.2) is 12.6 Å². The number of rotatable bonds is 9. The van der Waals surface area contributed by atoms with Crippen LogP contribution in [0.4, 0.5) is 0 Å². The van der Waals surface area contributed by atoms with Crippen LogP contribution in [0.5, 0.6) is 0 Å². The molecule has 112 valence electrons. The summed E-state index contributed by atoms with van der Waals surface area (Å²) in [6.07, 6.45) is 8.88. The molecule has 0 N–H and O–H groups in total. The summed E-state index contributed by atoms with van der Waals surface area (Å²) in [7, 11) is 0. The molecule has 1 aromatic heterocycles. The van der Waals surface area contributed by atoms with E-state index in [1.165, 1.54) is 32.1 Å². The number of hydrogen-bond acceptors (Lipinski definition) is 2. The molecule has 3 nitrogen and oxygen atoms in total. The lowest BCUT2D eigenvalue weighted by Gasteiger charge is -2.07. The monoisotopic (exact) mass is 285 g/mol. The Hall–Kier alpha value is -1.90. The van der Waals surface area contributed by atoms with Gasteiger partial charge in [-0.05, 0) is 12.5 Å². The summed E-state index contributed by atoms with van der Waals surface area (Å²) < 4.78 is 1.99. The van der Waals surface area contributed by atoms with E-state index in [4.69, 9.17) is 0 Å². The predicted molar refractivity (Wildman–Crippen MR) is 86.1 cm³/mol. The second-order valence-electron chi connectivity index (χ2n) is 5.47. The zero-order chi connectivity index (χ0) is 15.1. The van der Waals surface area contributed by atoms with Gasteiger partial charge in [-0.3, -0.25) is 9.59 Å². The van der Waals surface area contributed by atoms with Gasteiger partial charge in [0, 0.05) is 17.4 Å². The quantitative estimate of drug-likeness (QED) is 0.498. The standard InChI is InChI=1S/C18H23NO2/c1-2-3-4-5-6-9-12-19-17-11-8-7-10-15(17)16(13-20)18(19)14-21/h7-8,10-11,13-14H,2-6,9,12H2,1H3. The van der Waals surface area contributed by atoms with E-state index >= 15 is 0 Å². The van der Waals surface area contributed by atoms with Crippen LogP contribution in [0.1, 0.15) is 66.3 Å². The summed E-state index contributed by atoms with van der Waals surface area (Å²) in [5, 5.41) is 0.876. The Morgan fingerprint density at radius 1 is 0.952 bits per heavy atom. The lowest BCUT2D eigenvalue weighted by Crippen LogP contribution is -2.03. The first-order valence-electron chi connectivity index (χ1n) is 7.85. The smallest absolute Gasteiger partial charge is 0.167 e. The molecule has 0 fully saturated rings. The summed E-state index contributed by atoms with van der Waals surface area (Å²) in [4.78, 5) is 22.7. The molecule has 1 heterocycles. The highest BCUT2D eigenvalue weighted by atomic mass is 16.1. The SMILES string of the molecule is CCCCCCCCn1c(C=O)c(C=O)c2ccccc21. The molecule has 0 aliphatic carbocycles. The number of para-hydroxylation sites is 1.